The van der Waals surface area contributed by atoms with Crippen LogP contribution < -0.4 is 10.6 Å². The van der Waals surface area contributed by atoms with Gasteiger partial charge in [-0.05, 0) is 81.2 Å². The van der Waals surface area contributed by atoms with E-state index in [4.69, 9.17) is 5.73 Å². The zero-order chi connectivity index (χ0) is 13.8. The van der Waals surface area contributed by atoms with Crippen LogP contribution in [0.3, 0.4) is 0 Å². The van der Waals surface area contributed by atoms with Gasteiger partial charge in [-0.25, -0.2) is 0 Å². The molecule has 2 heteroatoms. The highest BCUT2D eigenvalue weighted by Gasteiger charge is 2.21. The molecule has 1 aromatic carbocycles. The third-order valence-corrected chi connectivity index (χ3v) is 4.48. The molecule has 2 nitrogen and oxygen atoms in total. The predicted molar refractivity (Wildman–Crippen MR) is 83.7 cm³/mol. The topological polar surface area (TPSA) is 29.3 Å². The number of aryl methyl sites for hydroxylation is 2. The van der Waals surface area contributed by atoms with Gasteiger partial charge in [0, 0.05) is 19.3 Å². The molecule has 0 unspecified atom stereocenters. The van der Waals surface area contributed by atoms with Crippen LogP contribution in [0.5, 0.6) is 0 Å². The second kappa shape index (κ2) is 6.42. The summed E-state index contributed by atoms with van der Waals surface area (Å²) in [5, 5.41) is 0. The molecule has 0 bridgehead atoms. The molecule has 2 N–H and O–H groups in total. The first-order valence-corrected chi connectivity index (χ1v) is 7.58. The van der Waals surface area contributed by atoms with Crippen molar-refractivity contribution in [3.63, 3.8) is 0 Å². The van der Waals surface area contributed by atoms with Crippen molar-refractivity contribution >= 4 is 5.69 Å². The average Bonchev–Trinajstić information content (AvgIpc) is 2.38. The number of rotatable bonds is 4. The molecule has 19 heavy (non-hydrogen) atoms. The molecule has 1 aliphatic rings. The summed E-state index contributed by atoms with van der Waals surface area (Å²) < 4.78 is 0. The van der Waals surface area contributed by atoms with Crippen LogP contribution in [0.15, 0.2) is 18.2 Å². The first-order chi connectivity index (χ1) is 9.08. The van der Waals surface area contributed by atoms with Crippen LogP contribution >= 0.6 is 0 Å². The number of benzene rings is 1. The fourth-order valence-electron chi connectivity index (χ4n) is 3.31. The Labute approximate surface area is 118 Å². The van der Waals surface area contributed by atoms with Gasteiger partial charge in [-0.15, -0.1) is 0 Å². The van der Waals surface area contributed by atoms with Crippen molar-refractivity contribution in [1.29, 1.82) is 0 Å². The van der Waals surface area contributed by atoms with E-state index < -0.39 is 0 Å². The Bertz CT molecular complexity index is 385. The fourth-order valence-corrected chi connectivity index (χ4v) is 3.31. The Morgan fingerprint density at radius 2 is 1.53 bits per heavy atom. The van der Waals surface area contributed by atoms with E-state index in [0.29, 0.717) is 0 Å². The van der Waals surface area contributed by atoms with Gasteiger partial charge < -0.3 is 10.6 Å². The van der Waals surface area contributed by atoms with Gasteiger partial charge in [0.1, 0.15) is 0 Å². The van der Waals surface area contributed by atoms with Gasteiger partial charge in [0.05, 0.1) is 0 Å². The van der Waals surface area contributed by atoms with Crippen molar-refractivity contribution in [2.24, 2.45) is 17.6 Å². The van der Waals surface area contributed by atoms with Crippen LogP contribution in [0.4, 0.5) is 5.69 Å². The summed E-state index contributed by atoms with van der Waals surface area (Å²) in [4.78, 5) is 2.42. The average molecular weight is 260 g/mol. The maximum Gasteiger partial charge on any atom is 0.0369 e. The molecule has 1 aromatic rings. The van der Waals surface area contributed by atoms with Crippen LogP contribution in [0.2, 0.25) is 0 Å². The standard InChI is InChI=1S/C17H28N2/c1-13-8-14(2)10-17(9-13)19(3)12-16-6-4-15(11-18)5-7-16/h8-10,15-16H,4-7,11-12,18H2,1-3H3. The Morgan fingerprint density at radius 1 is 1.00 bits per heavy atom. The molecule has 1 saturated carbocycles. The van der Waals surface area contributed by atoms with E-state index in [0.717, 1.165) is 18.4 Å². The summed E-state index contributed by atoms with van der Waals surface area (Å²) in [5.41, 5.74) is 9.83. The van der Waals surface area contributed by atoms with E-state index in [9.17, 15) is 0 Å². The summed E-state index contributed by atoms with van der Waals surface area (Å²) >= 11 is 0. The van der Waals surface area contributed by atoms with Crippen LogP contribution in [-0.2, 0) is 0 Å². The molecule has 0 saturated heterocycles. The summed E-state index contributed by atoms with van der Waals surface area (Å²) in [5.74, 6) is 1.62. The van der Waals surface area contributed by atoms with Crippen LogP contribution in [-0.4, -0.2) is 20.1 Å². The van der Waals surface area contributed by atoms with Gasteiger partial charge in [-0.3, -0.25) is 0 Å². The lowest BCUT2D eigenvalue weighted by Gasteiger charge is -2.31. The molecule has 2 rings (SSSR count). The molecule has 0 atom stereocenters. The molecule has 1 fully saturated rings. The third kappa shape index (κ3) is 3.97. The van der Waals surface area contributed by atoms with E-state index in [2.05, 4.69) is 44.0 Å². The van der Waals surface area contributed by atoms with Gasteiger partial charge in [0.15, 0.2) is 0 Å². The van der Waals surface area contributed by atoms with Gasteiger partial charge in [0.25, 0.3) is 0 Å². The molecular formula is C17H28N2. The summed E-state index contributed by atoms with van der Waals surface area (Å²) in [6.07, 6.45) is 5.33. The maximum absolute atomic E-state index is 5.76. The normalized spacial score (nSPS) is 23.4. The number of hydrogen-bond donors (Lipinski definition) is 1. The van der Waals surface area contributed by atoms with Crippen LogP contribution in [0.1, 0.15) is 36.8 Å². The first-order valence-electron chi connectivity index (χ1n) is 7.58. The zero-order valence-corrected chi connectivity index (χ0v) is 12.7. The van der Waals surface area contributed by atoms with E-state index >= 15 is 0 Å². The summed E-state index contributed by atoms with van der Waals surface area (Å²) in [6, 6.07) is 6.82. The second-order valence-electron chi connectivity index (χ2n) is 6.35. The highest BCUT2D eigenvalue weighted by Crippen LogP contribution is 2.29. The smallest absolute Gasteiger partial charge is 0.0369 e. The first kappa shape index (κ1) is 14.4. The Hall–Kier alpha value is -1.02. The van der Waals surface area contributed by atoms with E-state index in [1.807, 2.05) is 0 Å². The SMILES string of the molecule is Cc1cc(C)cc(N(C)CC2CCC(CN)CC2)c1. The van der Waals surface area contributed by atoms with Crippen molar-refractivity contribution < 1.29 is 0 Å². The highest BCUT2D eigenvalue weighted by atomic mass is 15.1. The van der Waals surface area contributed by atoms with E-state index in [1.54, 1.807) is 0 Å². The lowest BCUT2D eigenvalue weighted by atomic mass is 9.82. The predicted octanol–water partition coefficient (Wildman–Crippen LogP) is 3.50. The molecule has 0 heterocycles. The second-order valence-corrected chi connectivity index (χ2v) is 6.35. The third-order valence-electron chi connectivity index (χ3n) is 4.48. The van der Waals surface area contributed by atoms with Crippen molar-refractivity contribution in [2.45, 2.75) is 39.5 Å². The minimum atomic E-state index is 0.780. The molecule has 1 aliphatic carbocycles. The molecule has 0 aromatic heterocycles. The largest absolute Gasteiger partial charge is 0.374 e. The quantitative estimate of drug-likeness (QED) is 0.897. The minimum Gasteiger partial charge on any atom is -0.374 e. The zero-order valence-electron chi connectivity index (χ0n) is 12.7. The van der Waals surface area contributed by atoms with E-state index in [-0.39, 0.29) is 0 Å². The van der Waals surface area contributed by atoms with E-state index in [1.165, 1.54) is 49.0 Å². The van der Waals surface area contributed by atoms with Crippen LogP contribution in [0, 0.1) is 25.7 Å². The van der Waals surface area contributed by atoms with Gasteiger partial charge >= 0.3 is 0 Å². The molecule has 0 aliphatic heterocycles. The number of nitrogens with two attached hydrogens (primary N) is 1. The van der Waals surface area contributed by atoms with Crippen molar-refractivity contribution in [2.75, 3.05) is 25.0 Å². The molecular weight excluding hydrogens is 232 g/mol. The summed E-state index contributed by atoms with van der Waals surface area (Å²) in [6.45, 7) is 6.41. The fraction of sp³-hybridized carbons (Fsp3) is 0.647. The van der Waals surface area contributed by atoms with Crippen molar-refractivity contribution in [3.05, 3.63) is 29.3 Å². The minimum absolute atomic E-state index is 0.780. The van der Waals surface area contributed by atoms with Crippen molar-refractivity contribution in [3.8, 4) is 0 Å². The van der Waals surface area contributed by atoms with Gasteiger partial charge in [0.2, 0.25) is 0 Å². The Kier molecular flexibility index (Phi) is 4.87. The number of anilines is 1. The Balaban J connectivity index is 1.92. The number of nitrogens with zero attached hydrogens (tertiary/aromatic N) is 1. The molecule has 0 radical (unpaired) electrons. The lowest BCUT2D eigenvalue weighted by Crippen LogP contribution is -2.30. The molecule has 0 amide bonds. The van der Waals surface area contributed by atoms with Gasteiger partial charge in [-0.2, -0.15) is 0 Å². The molecule has 0 spiro atoms. The molecule has 106 valence electrons. The lowest BCUT2D eigenvalue weighted by molar-refractivity contribution is 0.283. The monoisotopic (exact) mass is 260 g/mol. The summed E-state index contributed by atoms with van der Waals surface area (Å²) in [7, 11) is 2.23. The Morgan fingerprint density at radius 3 is 2.05 bits per heavy atom. The van der Waals surface area contributed by atoms with Gasteiger partial charge in [-0.1, -0.05) is 6.07 Å². The van der Waals surface area contributed by atoms with Crippen LogP contribution in [0.25, 0.3) is 0 Å². The highest BCUT2D eigenvalue weighted by molar-refractivity contribution is 5.50. The number of hydrogen-bond acceptors (Lipinski definition) is 2. The maximum atomic E-state index is 5.76. The van der Waals surface area contributed by atoms with Crippen molar-refractivity contribution in [1.82, 2.24) is 0 Å².